The molecule has 1 unspecified atom stereocenters. The molecule has 4 nitrogen and oxygen atoms in total. The summed E-state index contributed by atoms with van der Waals surface area (Å²) < 4.78 is 20.7. The monoisotopic (exact) mass is 399 g/mol. The van der Waals surface area contributed by atoms with Crippen LogP contribution in [-0.2, 0) is 6.42 Å². The zero-order chi connectivity index (χ0) is 20.1. The Bertz CT molecular complexity index is 947. The molecule has 0 amide bonds. The number of pyridine rings is 1. The molecule has 1 heterocycles. The molecular weight excluding hydrogens is 377 g/mol. The van der Waals surface area contributed by atoms with Crippen molar-refractivity contribution in [2.45, 2.75) is 19.4 Å². The molecule has 0 saturated carbocycles. The van der Waals surface area contributed by atoms with Gasteiger partial charge in [0.05, 0.1) is 18.4 Å². The van der Waals surface area contributed by atoms with Gasteiger partial charge >= 0.3 is 0 Å². The summed E-state index contributed by atoms with van der Waals surface area (Å²) in [6.07, 6.45) is 2.20. The fourth-order valence-electron chi connectivity index (χ4n) is 3.12. The lowest BCUT2D eigenvalue weighted by molar-refractivity contribution is 0.413. The number of rotatable bonds is 7. The second-order valence-electron chi connectivity index (χ2n) is 6.52. The van der Waals surface area contributed by atoms with E-state index in [0.29, 0.717) is 40.6 Å². The largest absolute Gasteiger partial charge is 0.496 e. The maximum absolute atomic E-state index is 15.4. The number of hydrogen-bond acceptors (Lipinski definition) is 4. The summed E-state index contributed by atoms with van der Waals surface area (Å²) in [5, 5.41) is 3.66. The van der Waals surface area contributed by atoms with E-state index in [1.807, 2.05) is 25.1 Å². The van der Waals surface area contributed by atoms with Crippen molar-refractivity contribution < 1.29 is 9.13 Å². The van der Waals surface area contributed by atoms with E-state index >= 15 is 4.39 Å². The van der Waals surface area contributed by atoms with E-state index in [9.17, 15) is 0 Å². The van der Waals surface area contributed by atoms with Gasteiger partial charge in [-0.15, -0.1) is 0 Å². The lowest BCUT2D eigenvalue weighted by Crippen LogP contribution is -2.26. The molecule has 2 aromatic carbocycles. The molecule has 1 aromatic heterocycles. The van der Waals surface area contributed by atoms with Crippen molar-refractivity contribution in [3.8, 4) is 16.9 Å². The van der Waals surface area contributed by atoms with Crippen LogP contribution in [0.15, 0.2) is 54.7 Å². The minimum absolute atomic E-state index is 0.0613. The Morgan fingerprint density at radius 3 is 2.68 bits per heavy atom. The Morgan fingerprint density at radius 2 is 2.04 bits per heavy atom. The van der Waals surface area contributed by atoms with Crippen molar-refractivity contribution in [3.63, 3.8) is 0 Å². The number of halogens is 2. The van der Waals surface area contributed by atoms with E-state index in [0.717, 1.165) is 11.3 Å². The summed E-state index contributed by atoms with van der Waals surface area (Å²) >= 11 is 6.09. The van der Waals surface area contributed by atoms with Gasteiger partial charge in [-0.25, -0.2) is 4.39 Å². The molecule has 6 heteroatoms. The summed E-state index contributed by atoms with van der Waals surface area (Å²) in [6, 6.07) is 14.6. The van der Waals surface area contributed by atoms with Crippen LogP contribution in [0.2, 0.25) is 5.02 Å². The van der Waals surface area contributed by atoms with E-state index < -0.39 is 0 Å². The van der Waals surface area contributed by atoms with Crippen LogP contribution in [0, 0.1) is 5.82 Å². The van der Waals surface area contributed by atoms with Crippen LogP contribution in [0.25, 0.3) is 11.1 Å². The fourth-order valence-corrected chi connectivity index (χ4v) is 3.31. The Kier molecular flexibility index (Phi) is 6.62. The number of methoxy groups -OCH3 is 1. The van der Waals surface area contributed by atoms with Gasteiger partial charge in [0, 0.05) is 30.4 Å². The van der Waals surface area contributed by atoms with E-state index in [-0.39, 0.29) is 11.9 Å². The minimum Gasteiger partial charge on any atom is -0.496 e. The highest BCUT2D eigenvalue weighted by molar-refractivity contribution is 6.30. The molecule has 0 saturated heterocycles. The topological polar surface area (TPSA) is 60.2 Å². The van der Waals surface area contributed by atoms with Crippen molar-refractivity contribution in [2.24, 2.45) is 5.73 Å². The Morgan fingerprint density at radius 1 is 1.21 bits per heavy atom. The normalized spacial score (nSPS) is 12.0. The molecule has 3 rings (SSSR count). The third-order valence-electron chi connectivity index (χ3n) is 4.63. The molecule has 0 radical (unpaired) electrons. The zero-order valence-corrected chi connectivity index (χ0v) is 16.6. The molecule has 0 aliphatic rings. The van der Waals surface area contributed by atoms with Crippen molar-refractivity contribution in [2.75, 3.05) is 13.8 Å². The van der Waals surface area contributed by atoms with Crippen molar-refractivity contribution >= 4 is 11.6 Å². The minimum atomic E-state index is -0.316. The number of benzene rings is 2. The molecule has 28 heavy (non-hydrogen) atoms. The van der Waals surface area contributed by atoms with E-state index in [2.05, 4.69) is 10.3 Å². The summed E-state index contributed by atoms with van der Waals surface area (Å²) in [5.74, 6) is 0.155. The Hall–Kier alpha value is -2.47. The average Bonchev–Trinajstić information content (AvgIpc) is 2.70. The van der Waals surface area contributed by atoms with E-state index in [1.54, 1.807) is 36.5 Å². The molecule has 0 fully saturated rings. The lowest BCUT2D eigenvalue weighted by Gasteiger charge is -2.14. The second-order valence-corrected chi connectivity index (χ2v) is 6.96. The molecule has 3 N–H and O–H groups in total. The Balaban J connectivity index is 1.92. The number of ether oxygens (including phenoxy) is 1. The standard InChI is InChI=1S/C22H23ClFN3O/c1-14(27-13-25)19-8-6-15(12-26-19)10-17-7-9-20(28-2)21(22(17)24)16-4-3-5-18(23)11-16/h3-9,11-12,14,27H,10,13,25H2,1-2H3. The van der Waals surface area contributed by atoms with Crippen molar-refractivity contribution in [1.29, 1.82) is 0 Å². The number of nitrogens with two attached hydrogens (primary N) is 1. The summed E-state index contributed by atoms with van der Waals surface area (Å²) in [7, 11) is 1.53. The molecule has 0 aliphatic heterocycles. The molecule has 1 atom stereocenters. The number of nitrogens with zero attached hydrogens (tertiary/aromatic N) is 1. The first-order chi connectivity index (χ1) is 13.5. The molecule has 146 valence electrons. The van der Waals surface area contributed by atoms with Gasteiger partial charge in [0.2, 0.25) is 0 Å². The molecule has 0 bridgehead atoms. The number of nitrogens with one attached hydrogen (secondary N) is 1. The lowest BCUT2D eigenvalue weighted by atomic mass is 9.97. The average molecular weight is 400 g/mol. The first-order valence-corrected chi connectivity index (χ1v) is 9.41. The number of aromatic nitrogens is 1. The zero-order valence-electron chi connectivity index (χ0n) is 15.9. The highest BCUT2D eigenvalue weighted by Crippen LogP contribution is 2.36. The number of hydrogen-bond donors (Lipinski definition) is 2. The van der Waals surface area contributed by atoms with Crippen LogP contribution in [0.3, 0.4) is 0 Å². The van der Waals surface area contributed by atoms with Crippen LogP contribution in [0.4, 0.5) is 4.39 Å². The third-order valence-corrected chi connectivity index (χ3v) is 4.86. The molecule has 3 aromatic rings. The highest BCUT2D eigenvalue weighted by atomic mass is 35.5. The van der Waals surface area contributed by atoms with Crippen LogP contribution in [0.5, 0.6) is 5.75 Å². The van der Waals surface area contributed by atoms with Crippen LogP contribution < -0.4 is 15.8 Å². The maximum Gasteiger partial charge on any atom is 0.138 e. The fraction of sp³-hybridized carbons (Fsp3) is 0.227. The SMILES string of the molecule is COc1ccc(Cc2ccc(C(C)NCN)nc2)c(F)c1-c1cccc(Cl)c1. The van der Waals surface area contributed by atoms with Gasteiger partial charge in [-0.1, -0.05) is 35.9 Å². The maximum atomic E-state index is 15.4. The second kappa shape index (κ2) is 9.15. The highest BCUT2D eigenvalue weighted by Gasteiger charge is 2.17. The summed E-state index contributed by atoms with van der Waals surface area (Å²) in [4.78, 5) is 4.47. The van der Waals surface area contributed by atoms with Crippen LogP contribution in [0.1, 0.15) is 29.8 Å². The van der Waals surface area contributed by atoms with E-state index in [4.69, 9.17) is 22.1 Å². The van der Waals surface area contributed by atoms with Crippen molar-refractivity contribution in [1.82, 2.24) is 10.3 Å². The predicted molar refractivity (Wildman–Crippen MR) is 111 cm³/mol. The van der Waals surface area contributed by atoms with Gasteiger partial charge in [0.1, 0.15) is 11.6 Å². The predicted octanol–water partition coefficient (Wildman–Crippen LogP) is 4.71. The van der Waals surface area contributed by atoms with Crippen LogP contribution >= 0.6 is 11.6 Å². The van der Waals surface area contributed by atoms with Gasteiger partial charge in [-0.3, -0.25) is 10.3 Å². The van der Waals surface area contributed by atoms with Gasteiger partial charge in [0.15, 0.2) is 0 Å². The van der Waals surface area contributed by atoms with Gasteiger partial charge in [-0.2, -0.15) is 0 Å². The Labute approximate surface area is 169 Å². The first kappa shape index (κ1) is 20.3. The first-order valence-electron chi connectivity index (χ1n) is 9.03. The molecule has 0 aliphatic carbocycles. The quantitative estimate of drug-likeness (QED) is 0.565. The van der Waals surface area contributed by atoms with E-state index in [1.165, 1.54) is 7.11 Å². The van der Waals surface area contributed by atoms with Gasteiger partial charge < -0.3 is 10.5 Å². The van der Waals surface area contributed by atoms with Gasteiger partial charge in [0.25, 0.3) is 0 Å². The molecule has 0 spiro atoms. The van der Waals surface area contributed by atoms with Gasteiger partial charge in [-0.05, 0) is 47.9 Å². The summed E-state index contributed by atoms with van der Waals surface area (Å²) in [5.41, 5.74) is 8.98. The van der Waals surface area contributed by atoms with Crippen molar-refractivity contribution in [3.05, 3.63) is 82.4 Å². The summed E-state index contributed by atoms with van der Waals surface area (Å²) in [6.45, 7) is 2.38. The third kappa shape index (κ3) is 4.50. The molecular formula is C22H23ClFN3O. The van der Waals surface area contributed by atoms with Crippen LogP contribution in [-0.4, -0.2) is 18.8 Å². The smallest absolute Gasteiger partial charge is 0.138 e.